The van der Waals surface area contributed by atoms with Crippen LogP contribution in [-0.4, -0.2) is 44.1 Å². The van der Waals surface area contributed by atoms with Crippen LogP contribution in [-0.2, 0) is 4.74 Å². The molecule has 0 N–H and O–H groups in total. The topological polar surface area (TPSA) is 74.4 Å². The van der Waals surface area contributed by atoms with Crippen LogP contribution in [0.1, 0.15) is 20.8 Å². The van der Waals surface area contributed by atoms with Gasteiger partial charge in [-0.3, -0.25) is 0 Å². The summed E-state index contributed by atoms with van der Waals surface area (Å²) in [4.78, 5) is 0. The molecule has 0 saturated heterocycles. The zero-order valence-electron chi connectivity index (χ0n) is 10.1. The van der Waals surface area contributed by atoms with E-state index in [4.69, 9.17) is 9.47 Å². The summed E-state index contributed by atoms with van der Waals surface area (Å²) in [6, 6.07) is 3.47. The summed E-state index contributed by atoms with van der Waals surface area (Å²) in [5, 5.41) is 15.0. The van der Waals surface area contributed by atoms with Gasteiger partial charge in [-0.25, -0.2) is 0 Å². The highest BCUT2D eigenvalue weighted by Gasteiger charge is 2.09. The van der Waals surface area contributed by atoms with Gasteiger partial charge in [-0.2, -0.15) is 0 Å². The lowest BCUT2D eigenvalue weighted by atomic mass is 10.2. The molecule has 2 rings (SSSR count). The Balaban J connectivity index is 1.86. The molecule has 0 atom stereocenters. The van der Waals surface area contributed by atoms with Crippen molar-refractivity contribution in [3.63, 3.8) is 0 Å². The first-order chi connectivity index (χ1) is 8.04. The van der Waals surface area contributed by atoms with E-state index in [1.165, 1.54) is 4.63 Å². The number of tetrazole rings is 1. The second-order valence-electron chi connectivity index (χ2n) is 4.51. The molecule has 92 valence electrons. The van der Waals surface area contributed by atoms with E-state index in [0.29, 0.717) is 24.7 Å². The van der Waals surface area contributed by atoms with E-state index in [-0.39, 0.29) is 5.60 Å². The van der Waals surface area contributed by atoms with E-state index in [1.807, 2.05) is 20.8 Å². The molecule has 0 aliphatic carbocycles. The summed E-state index contributed by atoms with van der Waals surface area (Å²) in [5.74, 6) is 0.474. The van der Waals surface area contributed by atoms with Crippen LogP contribution < -0.4 is 4.74 Å². The highest BCUT2D eigenvalue weighted by atomic mass is 16.5. The van der Waals surface area contributed by atoms with Crippen LogP contribution in [0.25, 0.3) is 5.65 Å². The zero-order valence-corrected chi connectivity index (χ0v) is 10.1. The third-order valence-corrected chi connectivity index (χ3v) is 1.91. The summed E-state index contributed by atoms with van der Waals surface area (Å²) in [5.41, 5.74) is 0.430. The molecule has 0 saturated carbocycles. The van der Waals surface area contributed by atoms with Crippen molar-refractivity contribution in [2.45, 2.75) is 26.4 Å². The molecule has 0 unspecified atom stereocenters. The molecule has 2 aromatic heterocycles. The molecule has 0 aliphatic heterocycles. The molecule has 0 aromatic carbocycles. The lowest BCUT2D eigenvalue weighted by Crippen LogP contribution is -2.22. The monoisotopic (exact) mass is 237 g/mol. The zero-order chi connectivity index (χ0) is 12.3. The van der Waals surface area contributed by atoms with E-state index >= 15 is 0 Å². The number of rotatable bonds is 4. The predicted octanol–water partition coefficient (Wildman–Crippen LogP) is 0.713. The minimum atomic E-state index is -0.156. The molecular formula is C10H15N5O2. The Morgan fingerprint density at radius 2 is 2.06 bits per heavy atom. The fourth-order valence-corrected chi connectivity index (χ4v) is 1.20. The first kappa shape index (κ1) is 11.7. The maximum Gasteiger partial charge on any atom is 0.233 e. The maximum atomic E-state index is 5.52. The quantitative estimate of drug-likeness (QED) is 0.729. The Morgan fingerprint density at radius 1 is 1.24 bits per heavy atom. The maximum absolute atomic E-state index is 5.52. The van der Waals surface area contributed by atoms with Gasteiger partial charge >= 0.3 is 0 Å². The summed E-state index contributed by atoms with van der Waals surface area (Å²) >= 11 is 0. The molecule has 7 heteroatoms. The van der Waals surface area contributed by atoms with Gasteiger partial charge in [0.25, 0.3) is 0 Å². The normalized spacial score (nSPS) is 11.9. The molecule has 17 heavy (non-hydrogen) atoms. The van der Waals surface area contributed by atoms with E-state index in [9.17, 15) is 0 Å². The third-order valence-electron chi connectivity index (χ3n) is 1.91. The van der Waals surface area contributed by atoms with E-state index in [1.54, 1.807) is 12.1 Å². The van der Waals surface area contributed by atoms with Crippen molar-refractivity contribution in [2.24, 2.45) is 0 Å². The largest absolute Gasteiger partial charge is 0.474 e. The molecule has 2 heterocycles. The van der Waals surface area contributed by atoms with Crippen molar-refractivity contribution in [2.75, 3.05) is 13.2 Å². The molecule has 2 aromatic rings. The molecule has 0 aliphatic rings. The molecule has 0 amide bonds. The second-order valence-corrected chi connectivity index (χ2v) is 4.51. The molecule has 0 radical (unpaired) electrons. The van der Waals surface area contributed by atoms with Gasteiger partial charge in [0.15, 0.2) is 5.65 Å². The Morgan fingerprint density at radius 3 is 2.82 bits per heavy atom. The van der Waals surface area contributed by atoms with Crippen molar-refractivity contribution in [3.05, 3.63) is 12.1 Å². The highest BCUT2D eigenvalue weighted by Crippen LogP contribution is 2.08. The van der Waals surface area contributed by atoms with Crippen molar-refractivity contribution in [1.82, 2.24) is 25.3 Å². The van der Waals surface area contributed by atoms with Crippen molar-refractivity contribution >= 4 is 5.65 Å². The Kier molecular flexibility index (Phi) is 3.19. The number of aromatic nitrogens is 5. The van der Waals surface area contributed by atoms with Crippen LogP contribution in [0, 0.1) is 0 Å². The standard InChI is InChI=1S/C10H15N5O2/c1-10(2,3)17-7-6-16-9-5-4-8-11-13-14-15(8)12-9/h4-5H,6-7H2,1-3H3. The highest BCUT2D eigenvalue weighted by molar-refractivity contribution is 5.34. The van der Waals surface area contributed by atoms with Crippen LogP contribution in [0.4, 0.5) is 0 Å². The Labute approximate surface area is 98.7 Å². The fraction of sp³-hybridized carbons (Fsp3) is 0.600. The van der Waals surface area contributed by atoms with E-state index < -0.39 is 0 Å². The van der Waals surface area contributed by atoms with Crippen LogP contribution in [0.3, 0.4) is 0 Å². The minimum Gasteiger partial charge on any atom is -0.474 e. The number of hydrogen-bond donors (Lipinski definition) is 0. The van der Waals surface area contributed by atoms with Gasteiger partial charge in [-0.1, -0.05) is 0 Å². The first-order valence-electron chi connectivity index (χ1n) is 5.37. The van der Waals surface area contributed by atoms with Gasteiger partial charge in [-0.15, -0.1) is 14.8 Å². The number of hydrogen-bond acceptors (Lipinski definition) is 6. The van der Waals surface area contributed by atoms with Gasteiger partial charge in [0.1, 0.15) is 6.61 Å². The van der Waals surface area contributed by atoms with Crippen molar-refractivity contribution < 1.29 is 9.47 Å². The first-order valence-corrected chi connectivity index (χ1v) is 5.37. The molecule has 7 nitrogen and oxygen atoms in total. The molecule has 0 spiro atoms. The van der Waals surface area contributed by atoms with Gasteiger partial charge in [0.05, 0.1) is 12.2 Å². The lowest BCUT2D eigenvalue weighted by Gasteiger charge is -2.19. The molecule has 0 bridgehead atoms. The molecular weight excluding hydrogens is 222 g/mol. The van der Waals surface area contributed by atoms with Crippen LogP contribution in [0.5, 0.6) is 5.88 Å². The number of fused-ring (bicyclic) bond motifs is 1. The van der Waals surface area contributed by atoms with Crippen molar-refractivity contribution in [3.8, 4) is 5.88 Å². The summed E-state index contributed by atoms with van der Waals surface area (Å²) in [7, 11) is 0. The third kappa shape index (κ3) is 3.35. The van der Waals surface area contributed by atoms with Crippen LogP contribution in [0.15, 0.2) is 12.1 Å². The van der Waals surface area contributed by atoms with E-state index in [2.05, 4.69) is 20.6 Å². The van der Waals surface area contributed by atoms with Gasteiger partial charge < -0.3 is 9.47 Å². The summed E-state index contributed by atoms with van der Waals surface area (Å²) < 4.78 is 12.3. The smallest absolute Gasteiger partial charge is 0.233 e. The van der Waals surface area contributed by atoms with Gasteiger partial charge in [-0.05, 0) is 37.3 Å². The molecule has 0 fully saturated rings. The second kappa shape index (κ2) is 4.62. The average Bonchev–Trinajstić information content (AvgIpc) is 2.70. The van der Waals surface area contributed by atoms with Crippen molar-refractivity contribution in [1.29, 1.82) is 0 Å². The summed E-state index contributed by atoms with van der Waals surface area (Å²) in [6.45, 7) is 6.95. The minimum absolute atomic E-state index is 0.156. The SMILES string of the molecule is CC(C)(C)OCCOc1ccc2nnnn2n1. The van der Waals surface area contributed by atoms with Gasteiger partial charge in [0.2, 0.25) is 5.88 Å². The average molecular weight is 237 g/mol. The van der Waals surface area contributed by atoms with Crippen LogP contribution in [0.2, 0.25) is 0 Å². The number of ether oxygens (including phenoxy) is 2. The lowest BCUT2D eigenvalue weighted by molar-refractivity contribution is -0.0169. The fourth-order valence-electron chi connectivity index (χ4n) is 1.20. The predicted molar refractivity (Wildman–Crippen MR) is 59.8 cm³/mol. The Hall–Kier alpha value is -1.76. The van der Waals surface area contributed by atoms with E-state index in [0.717, 1.165) is 0 Å². The van der Waals surface area contributed by atoms with Crippen LogP contribution >= 0.6 is 0 Å². The van der Waals surface area contributed by atoms with Gasteiger partial charge in [0, 0.05) is 6.07 Å². The number of nitrogens with zero attached hydrogens (tertiary/aromatic N) is 5. The Bertz CT molecular complexity index is 491. The summed E-state index contributed by atoms with van der Waals surface area (Å²) in [6.07, 6.45) is 0.